The van der Waals surface area contributed by atoms with Gasteiger partial charge in [-0.1, -0.05) is 26.0 Å². The van der Waals surface area contributed by atoms with Crippen LogP contribution in [0.25, 0.3) is 0 Å². The molecule has 0 saturated carbocycles. The Balaban J connectivity index is 2.21. The Hall–Kier alpha value is -2.10. The van der Waals surface area contributed by atoms with Gasteiger partial charge in [0.25, 0.3) is 0 Å². The van der Waals surface area contributed by atoms with Crippen LogP contribution in [0.1, 0.15) is 25.3 Å². The van der Waals surface area contributed by atoms with Crippen LogP contribution >= 0.6 is 0 Å². The number of nitrogen functional groups attached to an aromatic ring is 1. The second-order valence-corrected chi connectivity index (χ2v) is 4.21. The first-order valence-electron chi connectivity index (χ1n) is 5.60. The first kappa shape index (κ1) is 11.4. The van der Waals surface area contributed by atoms with Crippen molar-refractivity contribution in [2.24, 2.45) is 0 Å². The van der Waals surface area contributed by atoms with E-state index in [-0.39, 0.29) is 5.95 Å². The predicted octanol–water partition coefficient (Wildman–Crippen LogP) is 2.93. The molecule has 4 heteroatoms. The van der Waals surface area contributed by atoms with Crippen molar-refractivity contribution in [1.82, 2.24) is 9.97 Å². The summed E-state index contributed by atoms with van der Waals surface area (Å²) in [7, 11) is 0. The monoisotopic (exact) mass is 228 g/mol. The van der Waals surface area contributed by atoms with Crippen LogP contribution in [0.2, 0.25) is 0 Å². The lowest BCUT2D eigenvalue weighted by molar-refractivity contribution is 0.867. The number of anilines is 3. The largest absolute Gasteiger partial charge is 0.368 e. The van der Waals surface area contributed by atoms with E-state index in [9.17, 15) is 0 Å². The lowest BCUT2D eigenvalue weighted by atomic mass is 10.0. The minimum atomic E-state index is 0.273. The maximum atomic E-state index is 5.53. The van der Waals surface area contributed by atoms with Crippen LogP contribution in [-0.2, 0) is 0 Å². The molecule has 0 aliphatic carbocycles. The van der Waals surface area contributed by atoms with Gasteiger partial charge < -0.3 is 11.1 Å². The molecular weight excluding hydrogens is 212 g/mol. The van der Waals surface area contributed by atoms with Crippen LogP contribution in [0.4, 0.5) is 17.5 Å². The van der Waals surface area contributed by atoms with E-state index in [1.165, 1.54) is 5.56 Å². The quantitative estimate of drug-likeness (QED) is 0.847. The van der Waals surface area contributed by atoms with Crippen molar-refractivity contribution in [2.45, 2.75) is 19.8 Å². The van der Waals surface area contributed by atoms with E-state index in [0.717, 1.165) is 5.69 Å². The van der Waals surface area contributed by atoms with E-state index in [1.807, 2.05) is 12.1 Å². The maximum absolute atomic E-state index is 5.53. The molecule has 0 aliphatic heterocycles. The summed E-state index contributed by atoms with van der Waals surface area (Å²) in [6.07, 6.45) is 1.64. The predicted molar refractivity (Wildman–Crippen MR) is 70.3 cm³/mol. The number of hydrogen-bond donors (Lipinski definition) is 2. The second-order valence-electron chi connectivity index (χ2n) is 4.21. The van der Waals surface area contributed by atoms with Gasteiger partial charge in [0, 0.05) is 11.9 Å². The highest BCUT2D eigenvalue weighted by Crippen LogP contribution is 2.20. The molecule has 0 aliphatic rings. The van der Waals surface area contributed by atoms with Crippen molar-refractivity contribution in [3.8, 4) is 0 Å². The zero-order valence-electron chi connectivity index (χ0n) is 10.0. The Morgan fingerprint density at radius 3 is 2.76 bits per heavy atom. The van der Waals surface area contributed by atoms with E-state index in [4.69, 9.17) is 5.73 Å². The van der Waals surface area contributed by atoms with Crippen LogP contribution < -0.4 is 11.1 Å². The molecule has 1 aromatic carbocycles. The standard InChI is InChI=1S/C13H16N4/c1-9(2)10-4-3-5-11(8-10)16-12-6-7-15-13(14)17-12/h3-9H,1-2H3,(H3,14,15,16,17). The molecule has 2 aromatic rings. The van der Waals surface area contributed by atoms with Gasteiger partial charge in [-0.2, -0.15) is 4.98 Å². The van der Waals surface area contributed by atoms with Gasteiger partial charge in [-0.3, -0.25) is 0 Å². The maximum Gasteiger partial charge on any atom is 0.221 e. The molecule has 3 N–H and O–H groups in total. The number of benzene rings is 1. The van der Waals surface area contributed by atoms with Crippen molar-refractivity contribution >= 4 is 17.5 Å². The normalized spacial score (nSPS) is 10.5. The Morgan fingerprint density at radius 2 is 2.06 bits per heavy atom. The third kappa shape index (κ3) is 2.93. The van der Waals surface area contributed by atoms with E-state index in [0.29, 0.717) is 11.7 Å². The van der Waals surface area contributed by atoms with Gasteiger partial charge >= 0.3 is 0 Å². The van der Waals surface area contributed by atoms with Crippen LogP contribution in [0.5, 0.6) is 0 Å². The molecule has 1 aromatic heterocycles. The van der Waals surface area contributed by atoms with Gasteiger partial charge in [0.05, 0.1) is 0 Å². The lowest BCUT2D eigenvalue weighted by Gasteiger charge is -2.09. The fraction of sp³-hybridized carbons (Fsp3) is 0.231. The Kier molecular flexibility index (Phi) is 3.23. The summed E-state index contributed by atoms with van der Waals surface area (Å²) in [5.41, 5.74) is 7.83. The van der Waals surface area contributed by atoms with Crippen molar-refractivity contribution in [3.05, 3.63) is 42.1 Å². The zero-order valence-corrected chi connectivity index (χ0v) is 10.0. The van der Waals surface area contributed by atoms with Gasteiger partial charge in [-0.25, -0.2) is 4.98 Å². The molecule has 0 radical (unpaired) electrons. The summed E-state index contributed by atoms with van der Waals surface area (Å²) in [5, 5.41) is 3.21. The number of nitrogens with two attached hydrogens (primary N) is 1. The molecule has 0 fully saturated rings. The summed E-state index contributed by atoms with van der Waals surface area (Å²) >= 11 is 0. The molecule has 4 nitrogen and oxygen atoms in total. The summed E-state index contributed by atoms with van der Waals surface area (Å²) in [6, 6.07) is 10.1. The number of nitrogens with one attached hydrogen (secondary N) is 1. The fourth-order valence-corrected chi connectivity index (χ4v) is 1.57. The fourth-order valence-electron chi connectivity index (χ4n) is 1.57. The second kappa shape index (κ2) is 4.82. The Morgan fingerprint density at radius 1 is 1.24 bits per heavy atom. The highest BCUT2D eigenvalue weighted by Gasteiger charge is 2.01. The number of nitrogens with zero attached hydrogens (tertiary/aromatic N) is 2. The van der Waals surface area contributed by atoms with E-state index < -0.39 is 0 Å². The van der Waals surface area contributed by atoms with Crippen molar-refractivity contribution in [1.29, 1.82) is 0 Å². The SMILES string of the molecule is CC(C)c1cccc(Nc2ccnc(N)n2)c1. The van der Waals surface area contributed by atoms with E-state index >= 15 is 0 Å². The third-order valence-corrected chi connectivity index (χ3v) is 2.50. The third-order valence-electron chi connectivity index (χ3n) is 2.50. The van der Waals surface area contributed by atoms with Crippen LogP contribution in [0.15, 0.2) is 36.5 Å². The van der Waals surface area contributed by atoms with Crippen molar-refractivity contribution in [3.63, 3.8) is 0 Å². The number of rotatable bonds is 3. The minimum absolute atomic E-state index is 0.273. The molecular formula is C13H16N4. The topological polar surface area (TPSA) is 63.8 Å². The Bertz CT molecular complexity index is 508. The van der Waals surface area contributed by atoms with Crippen molar-refractivity contribution < 1.29 is 0 Å². The highest BCUT2D eigenvalue weighted by atomic mass is 15.1. The Labute approximate surface area is 101 Å². The van der Waals surface area contributed by atoms with Gasteiger partial charge in [0.15, 0.2) is 0 Å². The molecule has 88 valence electrons. The molecule has 0 amide bonds. The van der Waals surface area contributed by atoms with Gasteiger partial charge in [0.1, 0.15) is 5.82 Å². The summed E-state index contributed by atoms with van der Waals surface area (Å²) in [5.74, 6) is 1.49. The average molecular weight is 228 g/mol. The minimum Gasteiger partial charge on any atom is -0.368 e. The highest BCUT2D eigenvalue weighted by molar-refractivity contribution is 5.57. The first-order chi connectivity index (χ1) is 8.15. The smallest absolute Gasteiger partial charge is 0.221 e. The summed E-state index contributed by atoms with van der Waals surface area (Å²) in [4.78, 5) is 7.95. The summed E-state index contributed by atoms with van der Waals surface area (Å²) in [6.45, 7) is 4.34. The molecule has 0 unspecified atom stereocenters. The van der Waals surface area contributed by atoms with Gasteiger partial charge in [0.2, 0.25) is 5.95 Å². The van der Waals surface area contributed by atoms with Gasteiger partial charge in [-0.15, -0.1) is 0 Å². The average Bonchev–Trinajstić information content (AvgIpc) is 2.29. The van der Waals surface area contributed by atoms with Gasteiger partial charge in [-0.05, 0) is 29.7 Å². The van der Waals surface area contributed by atoms with E-state index in [1.54, 1.807) is 12.3 Å². The molecule has 0 bridgehead atoms. The molecule has 0 spiro atoms. The van der Waals surface area contributed by atoms with Crippen LogP contribution in [0, 0.1) is 0 Å². The molecule has 2 rings (SSSR count). The molecule has 1 heterocycles. The van der Waals surface area contributed by atoms with Crippen molar-refractivity contribution in [2.75, 3.05) is 11.1 Å². The molecule has 0 atom stereocenters. The molecule has 17 heavy (non-hydrogen) atoms. The lowest BCUT2D eigenvalue weighted by Crippen LogP contribution is -1.99. The first-order valence-corrected chi connectivity index (χ1v) is 5.60. The molecule has 0 saturated heterocycles. The number of aromatic nitrogens is 2. The summed E-state index contributed by atoms with van der Waals surface area (Å²) < 4.78 is 0. The van der Waals surface area contributed by atoms with Crippen LogP contribution in [-0.4, -0.2) is 9.97 Å². The zero-order chi connectivity index (χ0) is 12.3. The number of hydrogen-bond acceptors (Lipinski definition) is 4. The van der Waals surface area contributed by atoms with E-state index in [2.05, 4.69) is 41.3 Å². The van der Waals surface area contributed by atoms with Crippen LogP contribution in [0.3, 0.4) is 0 Å².